The third-order valence-corrected chi connectivity index (χ3v) is 6.09. The van der Waals surface area contributed by atoms with Crippen LogP contribution in [0.1, 0.15) is 18.9 Å². The molecule has 1 aromatic carbocycles. The summed E-state index contributed by atoms with van der Waals surface area (Å²) in [5.74, 6) is 0.917. The van der Waals surface area contributed by atoms with Gasteiger partial charge >= 0.3 is 0 Å². The summed E-state index contributed by atoms with van der Waals surface area (Å²) in [4.78, 5) is 2.20. The summed E-state index contributed by atoms with van der Waals surface area (Å²) in [6, 6.07) is 7.97. The Kier molecular flexibility index (Phi) is 4.52. The Balaban J connectivity index is 1.63. The number of fused-ring (bicyclic) bond motifs is 1. The van der Waals surface area contributed by atoms with Crippen molar-refractivity contribution in [3.8, 4) is 5.75 Å². The van der Waals surface area contributed by atoms with Gasteiger partial charge in [-0.3, -0.25) is 4.90 Å². The zero-order valence-corrected chi connectivity index (χ0v) is 13.6. The van der Waals surface area contributed by atoms with E-state index in [1.165, 1.54) is 5.57 Å². The Labute approximate surface area is 132 Å². The van der Waals surface area contributed by atoms with Crippen LogP contribution >= 0.6 is 0 Å². The van der Waals surface area contributed by atoms with Gasteiger partial charge in [0, 0.05) is 25.2 Å². The number of hydrogen-bond acceptors (Lipinski definition) is 4. The molecule has 22 heavy (non-hydrogen) atoms. The molecular formula is C16H22N2O3S. The lowest BCUT2D eigenvalue weighted by molar-refractivity contribution is 0.310. The van der Waals surface area contributed by atoms with Gasteiger partial charge in [-0.05, 0) is 30.7 Å². The molecule has 2 heterocycles. The van der Waals surface area contributed by atoms with E-state index in [1.807, 2.05) is 31.2 Å². The van der Waals surface area contributed by atoms with Crippen molar-refractivity contribution < 1.29 is 13.2 Å². The smallest absolute Gasteiger partial charge is 0.215 e. The molecular weight excluding hydrogens is 300 g/mol. The van der Waals surface area contributed by atoms with Crippen molar-refractivity contribution in [2.45, 2.75) is 18.6 Å². The van der Waals surface area contributed by atoms with Crippen LogP contribution in [0.4, 0.5) is 0 Å². The van der Waals surface area contributed by atoms with Crippen LogP contribution in [0.5, 0.6) is 5.75 Å². The topological polar surface area (TPSA) is 58.6 Å². The maximum atomic E-state index is 12.1. The molecule has 0 aromatic heterocycles. The minimum absolute atomic E-state index is 0.301. The van der Waals surface area contributed by atoms with Crippen molar-refractivity contribution in [3.05, 3.63) is 35.4 Å². The second-order valence-electron chi connectivity index (χ2n) is 5.82. The molecule has 1 fully saturated rings. The lowest BCUT2D eigenvalue weighted by atomic mass is 10.1. The largest absolute Gasteiger partial charge is 0.489 e. The third kappa shape index (κ3) is 3.34. The number of benzene rings is 1. The van der Waals surface area contributed by atoms with Gasteiger partial charge in [-0.25, -0.2) is 13.1 Å². The molecule has 120 valence electrons. The number of sulfonamides is 1. The SMILES string of the molecule is CCNS(=O)(=O)[C@H]1CCN(CC2=Cc3ccccc3OC2)C1. The lowest BCUT2D eigenvalue weighted by Gasteiger charge is -2.22. The first-order valence-electron chi connectivity index (χ1n) is 7.70. The van der Waals surface area contributed by atoms with Crippen molar-refractivity contribution in [1.82, 2.24) is 9.62 Å². The van der Waals surface area contributed by atoms with E-state index in [-0.39, 0.29) is 5.25 Å². The van der Waals surface area contributed by atoms with E-state index in [0.717, 1.165) is 24.4 Å². The molecule has 1 atom stereocenters. The summed E-state index contributed by atoms with van der Waals surface area (Å²) in [6.07, 6.45) is 2.85. The normalized spacial score (nSPS) is 22.0. The van der Waals surface area contributed by atoms with E-state index < -0.39 is 10.0 Å². The fourth-order valence-corrected chi connectivity index (χ4v) is 4.52. The second-order valence-corrected chi connectivity index (χ2v) is 7.86. The van der Waals surface area contributed by atoms with Crippen LogP contribution in [0.25, 0.3) is 6.08 Å². The van der Waals surface area contributed by atoms with E-state index in [9.17, 15) is 8.42 Å². The predicted octanol–water partition coefficient (Wildman–Crippen LogP) is 1.48. The zero-order chi connectivity index (χ0) is 15.6. The highest BCUT2D eigenvalue weighted by Gasteiger charge is 2.32. The number of ether oxygens (including phenoxy) is 1. The molecule has 1 aromatic rings. The number of rotatable bonds is 5. The second kappa shape index (κ2) is 6.40. The molecule has 2 aliphatic rings. The molecule has 0 aliphatic carbocycles. The van der Waals surface area contributed by atoms with Gasteiger partial charge in [0.05, 0.1) is 5.25 Å². The molecule has 6 heteroatoms. The minimum atomic E-state index is -3.17. The Morgan fingerprint density at radius 2 is 2.18 bits per heavy atom. The van der Waals surface area contributed by atoms with Crippen molar-refractivity contribution in [1.29, 1.82) is 0 Å². The van der Waals surface area contributed by atoms with Crippen LogP contribution in [0, 0.1) is 0 Å². The van der Waals surface area contributed by atoms with E-state index in [2.05, 4.69) is 15.7 Å². The highest BCUT2D eigenvalue weighted by Crippen LogP contribution is 2.27. The quantitative estimate of drug-likeness (QED) is 0.892. The maximum absolute atomic E-state index is 12.1. The predicted molar refractivity (Wildman–Crippen MR) is 87.4 cm³/mol. The maximum Gasteiger partial charge on any atom is 0.215 e. The molecule has 0 amide bonds. The van der Waals surface area contributed by atoms with Gasteiger partial charge in [0.1, 0.15) is 12.4 Å². The van der Waals surface area contributed by atoms with Crippen LogP contribution in [-0.4, -0.2) is 51.4 Å². The van der Waals surface area contributed by atoms with Crippen molar-refractivity contribution in [2.75, 3.05) is 32.8 Å². The highest BCUT2D eigenvalue weighted by atomic mass is 32.2. The molecule has 3 rings (SSSR count). The fourth-order valence-electron chi connectivity index (χ4n) is 3.05. The summed E-state index contributed by atoms with van der Waals surface area (Å²) in [5, 5.41) is -0.301. The molecule has 0 radical (unpaired) electrons. The van der Waals surface area contributed by atoms with E-state index in [0.29, 0.717) is 26.1 Å². The van der Waals surface area contributed by atoms with Crippen LogP contribution in [0.15, 0.2) is 29.8 Å². The van der Waals surface area contributed by atoms with Crippen LogP contribution in [0.2, 0.25) is 0 Å². The van der Waals surface area contributed by atoms with Gasteiger partial charge in [0.25, 0.3) is 0 Å². The number of nitrogens with zero attached hydrogens (tertiary/aromatic N) is 1. The monoisotopic (exact) mass is 322 g/mol. The van der Waals surface area contributed by atoms with Gasteiger partial charge < -0.3 is 4.74 Å². The molecule has 0 saturated carbocycles. The summed E-state index contributed by atoms with van der Waals surface area (Å²) in [7, 11) is -3.17. The van der Waals surface area contributed by atoms with Crippen molar-refractivity contribution in [2.24, 2.45) is 0 Å². The Hall–Kier alpha value is -1.37. The van der Waals surface area contributed by atoms with Gasteiger partial charge in [-0.2, -0.15) is 0 Å². The van der Waals surface area contributed by atoms with Crippen LogP contribution < -0.4 is 9.46 Å². The van der Waals surface area contributed by atoms with E-state index in [4.69, 9.17) is 4.74 Å². The third-order valence-electron chi connectivity index (χ3n) is 4.13. The summed E-state index contributed by atoms with van der Waals surface area (Å²) < 4.78 is 32.5. The fraction of sp³-hybridized carbons (Fsp3) is 0.500. The first-order chi connectivity index (χ1) is 10.6. The Morgan fingerprint density at radius 1 is 1.36 bits per heavy atom. The molecule has 0 spiro atoms. The average Bonchev–Trinajstić information content (AvgIpc) is 2.96. The first-order valence-corrected chi connectivity index (χ1v) is 9.25. The van der Waals surface area contributed by atoms with Gasteiger partial charge in [0.2, 0.25) is 10.0 Å². The van der Waals surface area contributed by atoms with Crippen LogP contribution in [-0.2, 0) is 10.0 Å². The number of para-hydroxylation sites is 1. The van der Waals surface area contributed by atoms with Gasteiger partial charge in [-0.1, -0.05) is 25.1 Å². The zero-order valence-electron chi connectivity index (χ0n) is 12.8. The molecule has 2 aliphatic heterocycles. The van der Waals surface area contributed by atoms with Crippen LogP contribution in [0.3, 0.4) is 0 Å². The standard InChI is InChI=1S/C16H22N2O3S/c1-2-17-22(19,20)15-7-8-18(11-15)10-13-9-14-5-3-4-6-16(14)21-12-13/h3-6,9,15,17H,2,7-8,10-12H2,1H3/t15-/m0/s1. The molecule has 1 N–H and O–H groups in total. The summed E-state index contributed by atoms with van der Waals surface area (Å²) in [5.41, 5.74) is 2.29. The first kappa shape index (κ1) is 15.5. The number of nitrogens with one attached hydrogen (secondary N) is 1. The summed E-state index contributed by atoms with van der Waals surface area (Å²) >= 11 is 0. The van der Waals surface area contributed by atoms with Crippen molar-refractivity contribution >= 4 is 16.1 Å². The molecule has 0 unspecified atom stereocenters. The minimum Gasteiger partial charge on any atom is -0.489 e. The number of hydrogen-bond donors (Lipinski definition) is 1. The van der Waals surface area contributed by atoms with Gasteiger partial charge in [-0.15, -0.1) is 0 Å². The van der Waals surface area contributed by atoms with Crippen molar-refractivity contribution in [3.63, 3.8) is 0 Å². The molecule has 5 nitrogen and oxygen atoms in total. The Bertz CT molecular complexity index is 670. The van der Waals surface area contributed by atoms with E-state index >= 15 is 0 Å². The Morgan fingerprint density at radius 3 is 3.00 bits per heavy atom. The molecule has 0 bridgehead atoms. The molecule has 1 saturated heterocycles. The van der Waals surface area contributed by atoms with E-state index in [1.54, 1.807) is 0 Å². The summed E-state index contributed by atoms with van der Waals surface area (Å²) in [6.45, 7) is 5.02. The van der Waals surface area contributed by atoms with Gasteiger partial charge in [0.15, 0.2) is 0 Å². The lowest BCUT2D eigenvalue weighted by Crippen LogP contribution is -2.36. The highest BCUT2D eigenvalue weighted by molar-refractivity contribution is 7.90. The average molecular weight is 322 g/mol. The number of likely N-dealkylation sites (tertiary alicyclic amines) is 1.